The Kier molecular flexibility index (Phi) is 6.67. The van der Waals surface area contributed by atoms with Gasteiger partial charge in [-0.2, -0.15) is 0 Å². The van der Waals surface area contributed by atoms with Crippen molar-refractivity contribution >= 4 is 58.1 Å². The van der Waals surface area contributed by atoms with Crippen LogP contribution in [0.15, 0.2) is 52.3 Å². The van der Waals surface area contributed by atoms with Gasteiger partial charge in [0, 0.05) is 26.8 Å². The van der Waals surface area contributed by atoms with Gasteiger partial charge in [-0.1, -0.05) is 29.0 Å². The van der Waals surface area contributed by atoms with Gasteiger partial charge < -0.3 is 19.8 Å². The van der Waals surface area contributed by atoms with E-state index in [4.69, 9.17) is 21.1 Å². The molecule has 2 saturated carbocycles. The number of H-pyrrole nitrogens is 1. The number of thiazole rings is 1. The van der Waals surface area contributed by atoms with Gasteiger partial charge in [-0.25, -0.2) is 0 Å². The van der Waals surface area contributed by atoms with Crippen LogP contribution >= 0.6 is 34.7 Å². The van der Waals surface area contributed by atoms with Crippen molar-refractivity contribution in [2.24, 2.45) is 29.6 Å². The summed E-state index contributed by atoms with van der Waals surface area (Å²) >= 11 is 8.79. The SMILES string of the molecule is COc1ccc(C2c3sc(=O)[nH]c3SC3C4CC(C5C(=O)N(C(C)C(=O)Nc6ccc(Cl)cc6)C(=O)C45)C23)cc1OC. The second kappa shape index (κ2) is 10.2. The first-order valence-corrected chi connectivity index (χ1v) is 15.8. The number of fused-ring (bicyclic) bond motifs is 9. The van der Waals surface area contributed by atoms with E-state index in [2.05, 4.69) is 10.3 Å². The summed E-state index contributed by atoms with van der Waals surface area (Å²) in [6.07, 6.45) is 0.761. The van der Waals surface area contributed by atoms with Crippen LogP contribution < -0.4 is 19.7 Å². The quantitative estimate of drug-likeness (QED) is 0.384. The topological polar surface area (TPSA) is 118 Å². The molecule has 1 saturated heterocycles. The summed E-state index contributed by atoms with van der Waals surface area (Å²) in [4.78, 5) is 58.6. The summed E-state index contributed by atoms with van der Waals surface area (Å²) < 4.78 is 11.1. The Labute approximate surface area is 254 Å². The number of amides is 3. The maximum atomic E-state index is 14.0. The molecule has 42 heavy (non-hydrogen) atoms. The Morgan fingerprint density at radius 3 is 2.40 bits per heavy atom. The lowest BCUT2D eigenvalue weighted by Crippen LogP contribution is -2.46. The van der Waals surface area contributed by atoms with E-state index >= 15 is 0 Å². The Balaban J connectivity index is 1.22. The van der Waals surface area contributed by atoms with E-state index in [-0.39, 0.29) is 45.6 Å². The van der Waals surface area contributed by atoms with Gasteiger partial charge in [-0.3, -0.25) is 24.1 Å². The number of halogens is 1. The van der Waals surface area contributed by atoms with Gasteiger partial charge in [0.25, 0.3) is 0 Å². The number of nitrogens with one attached hydrogen (secondary N) is 2. The number of anilines is 1. The van der Waals surface area contributed by atoms with E-state index in [1.54, 1.807) is 57.2 Å². The number of rotatable bonds is 6. The van der Waals surface area contributed by atoms with E-state index in [1.807, 2.05) is 18.2 Å². The Hall–Kier alpha value is -3.28. The van der Waals surface area contributed by atoms with Gasteiger partial charge in [0.15, 0.2) is 11.5 Å². The Bertz CT molecular complexity index is 1670. The third-order valence-electron chi connectivity index (χ3n) is 9.40. The maximum Gasteiger partial charge on any atom is 0.305 e. The summed E-state index contributed by atoms with van der Waals surface area (Å²) in [5, 5.41) is 4.22. The van der Waals surface area contributed by atoms with Crippen LogP contribution in [0, 0.1) is 29.6 Å². The average Bonchev–Trinajstić information content (AvgIpc) is 3.72. The Morgan fingerprint density at radius 2 is 1.71 bits per heavy atom. The predicted molar refractivity (Wildman–Crippen MR) is 159 cm³/mol. The van der Waals surface area contributed by atoms with E-state index < -0.39 is 23.8 Å². The number of hydrogen-bond donors (Lipinski definition) is 2. The first-order valence-electron chi connectivity index (χ1n) is 13.8. The predicted octanol–water partition coefficient (Wildman–Crippen LogP) is 4.61. The molecule has 3 heterocycles. The van der Waals surface area contributed by atoms with Gasteiger partial charge in [0.05, 0.1) is 31.1 Å². The monoisotopic (exact) mass is 625 g/mol. The highest BCUT2D eigenvalue weighted by Gasteiger charge is 2.70. The number of aromatic amines is 1. The van der Waals surface area contributed by atoms with Crippen molar-refractivity contribution in [3.05, 3.63) is 67.6 Å². The smallest absolute Gasteiger partial charge is 0.305 e. The number of likely N-dealkylation sites (tertiary alicyclic amines) is 1. The molecule has 3 aromatic rings. The van der Waals surface area contributed by atoms with E-state index in [0.717, 1.165) is 21.9 Å². The fourth-order valence-corrected chi connectivity index (χ4v) is 10.8. The van der Waals surface area contributed by atoms with Gasteiger partial charge >= 0.3 is 4.87 Å². The second-order valence-electron chi connectivity index (χ2n) is 11.3. The zero-order chi connectivity index (χ0) is 29.4. The van der Waals surface area contributed by atoms with Crippen molar-refractivity contribution in [1.29, 1.82) is 0 Å². The van der Waals surface area contributed by atoms with Gasteiger partial charge in [0.2, 0.25) is 17.7 Å². The van der Waals surface area contributed by atoms with Crippen LogP contribution in [-0.4, -0.2) is 53.1 Å². The van der Waals surface area contributed by atoms with Crippen LogP contribution in [0.1, 0.15) is 29.7 Å². The minimum atomic E-state index is -0.958. The molecule has 12 heteroatoms. The zero-order valence-corrected chi connectivity index (χ0v) is 25.3. The molecule has 218 valence electrons. The number of nitrogens with zero attached hydrogens (tertiary/aromatic N) is 1. The zero-order valence-electron chi connectivity index (χ0n) is 23.0. The van der Waals surface area contributed by atoms with Crippen LogP contribution in [0.25, 0.3) is 0 Å². The lowest BCUT2D eigenvalue weighted by atomic mass is 9.68. The molecule has 0 spiro atoms. The molecule has 9 nitrogen and oxygen atoms in total. The first kappa shape index (κ1) is 27.5. The van der Waals surface area contributed by atoms with E-state index in [0.29, 0.717) is 22.2 Å². The second-order valence-corrected chi connectivity index (χ2v) is 13.9. The number of thioether (sulfide) groups is 1. The van der Waals surface area contributed by atoms with Crippen molar-refractivity contribution in [3.63, 3.8) is 0 Å². The van der Waals surface area contributed by atoms with Crippen molar-refractivity contribution in [3.8, 4) is 11.5 Å². The fourth-order valence-electron chi connectivity index (χ4n) is 7.74. The lowest BCUT2D eigenvalue weighted by Gasteiger charge is -2.43. The van der Waals surface area contributed by atoms with Gasteiger partial charge in [-0.05, 0) is 73.1 Å². The molecular weight excluding hydrogens is 598 g/mol. The molecular formula is C30H28ClN3O6S2. The van der Waals surface area contributed by atoms with Crippen molar-refractivity contribution in [2.75, 3.05) is 19.5 Å². The fraction of sp³-hybridized carbons (Fsp3) is 0.400. The van der Waals surface area contributed by atoms with E-state index in [9.17, 15) is 19.2 Å². The maximum absolute atomic E-state index is 14.0. The number of hydrogen-bond acceptors (Lipinski definition) is 8. The van der Waals surface area contributed by atoms with Crippen LogP contribution in [-0.2, 0) is 14.4 Å². The minimum Gasteiger partial charge on any atom is -0.493 e. The first-order chi connectivity index (χ1) is 20.2. The third kappa shape index (κ3) is 4.04. The number of methoxy groups -OCH3 is 2. The van der Waals surface area contributed by atoms with Crippen molar-refractivity contribution in [2.45, 2.75) is 35.6 Å². The molecule has 0 radical (unpaired) electrons. The van der Waals surface area contributed by atoms with Crippen LogP contribution in [0.3, 0.4) is 0 Å². The minimum absolute atomic E-state index is 0.0354. The summed E-state index contributed by atoms with van der Waals surface area (Å²) in [6, 6.07) is 11.5. The van der Waals surface area contributed by atoms with Crippen LogP contribution in [0.2, 0.25) is 5.02 Å². The highest BCUT2D eigenvalue weighted by molar-refractivity contribution is 8.00. The highest BCUT2D eigenvalue weighted by atomic mass is 35.5. The third-order valence-corrected chi connectivity index (χ3v) is 12.2. The number of aromatic nitrogens is 1. The normalized spacial score (nSPS) is 29.6. The molecule has 2 N–H and O–H groups in total. The molecule has 8 atom stereocenters. The molecule has 1 aromatic heterocycles. The average molecular weight is 626 g/mol. The summed E-state index contributed by atoms with van der Waals surface area (Å²) in [6.45, 7) is 1.60. The molecule has 3 fully saturated rings. The van der Waals surface area contributed by atoms with Crippen molar-refractivity contribution in [1.82, 2.24) is 9.88 Å². The summed E-state index contributed by atoms with van der Waals surface area (Å²) in [5.74, 6) is -0.957. The molecule has 4 aliphatic rings. The molecule has 3 amide bonds. The van der Waals surface area contributed by atoms with Crippen LogP contribution in [0.4, 0.5) is 5.69 Å². The largest absolute Gasteiger partial charge is 0.493 e. The Morgan fingerprint density at radius 1 is 1.02 bits per heavy atom. The molecule has 7 rings (SSSR count). The lowest BCUT2D eigenvalue weighted by molar-refractivity contribution is -0.146. The number of carbonyl (C=O) groups excluding carboxylic acids is 3. The molecule has 8 unspecified atom stereocenters. The number of carbonyl (C=O) groups is 3. The number of ether oxygens (including phenoxy) is 2. The molecule has 2 aliphatic carbocycles. The number of imide groups is 1. The highest BCUT2D eigenvalue weighted by Crippen LogP contribution is 2.68. The molecule has 2 aromatic carbocycles. The van der Waals surface area contributed by atoms with Crippen molar-refractivity contribution < 1.29 is 23.9 Å². The standard InChI is InChI=1S/C30H28ClN3O6S2/c1-12(26(35)32-15-7-5-14(31)6-8-15)34-28(36)22-16-11-17(23(22)29(34)37)24-21(16)20(25-27(41-24)33-30(38)42-25)13-4-9-18(39-2)19(10-13)40-3/h4-10,12,16-17,20-24H,11H2,1-3H3,(H,32,35)(H,33,38). The van der Waals surface area contributed by atoms with Crippen LogP contribution in [0.5, 0.6) is 11.5 Å². The van der Waals surface area contributed by atoms with E-state index in [1.165, 1.54) is 16.2 Å². The number of benzene rings is 2. The molecule has 2 aliphatic heterocycles. The van der Waals surface area contributed by atoms with Gasteiger partial charge in [0.1, 0.15) is 6.04 Å². The summed E-state index contributed by atoms with van der Waals surface area (Å²) in [5.41, 5.74) is 1.52. The summed E-state index contributed by atoms with van der Waals surface area (Å²) in [7, 11) is 3.17. The molecule has 2 bridgehead atoms. The van der Waals surface area contributed by atoms with Gasteiger partial charge in [-0.15, -0.1) is 11.8 Å².